The fourth-order valence-corrected chi connectivity index (χ4v) is 1.35. The molecular formula is C6H10N2O3S. The minimum Gasteiger partial charge on any atom is -0.465 e. The van der Waals surface area contributed by atoms with Crippen LogP contribution >= 0.6 is 12.2 Å². The van der Waals surface area contributed by atoms with E-state index in [-0.39, 0.29) is 5.11 Å². The normalized spacial score (nSPS) is 22.4. The Kier molecular flexibility index (Phi) is 2.83. The van der Waals surface area contributed by atoms with E-state index >= 15 is 0 Å². The minimum atomic E-state index is -1.17. The number of nitrogens with one attached hydrogen (secondary N) is 1. The summed E-state index contributed by atoms with van der Waals surface area (Å²) in [6, 6.07) is 0. The van der Waals surface area contributed by atoms with Gasteiger partial charge in [-0.25, -0.2) is 4.79 Å². The second-order valence-corrected chi connectivity index (χ2v) is 3.01. The maximum atomic E-state index is 10.2. The van der Waals surface area contributed by atoms with Gasteiger partial charge in [0.15, 0.2) is 5.11 Å². The van der Waals surface area contributed by atoms with E-state index < -0.39 is 12.2 Å². The van der Waals surface area contributed by atoms with Crippen LogP contribution in [0.3, 0.4) is 0 Å². The molecule has 1 fully saturated rings. The lowest BCUT2D eigenvalue weighted by Crippen LogP contribution is -2.41. The van der Waals surface area contributed by atoms with Crippen LogP contribution in [-0.2, 0) is 0 Å². The Morgan fingerprint density at radius 2 is 2.33 bits per heavy atom. The van der Waals surface area contributed by atoms with Gasteiger partial charge in [-0.3, -0.25) is 5.32 Å². The fourth-order valence-electron chi connectivity index (χ4n) is 1.10. The Hall–Kier alpha value is -0.880. The third kappa shape index (κ3) is 2.31. The topological polar surface area (TPSA) is 72.8 Å². The van der Waals surface area contributed by atoms with Gasteiger partial charge >= 0.3 is 6.09 Å². The van der Waals surface area contributed by atoms with Crippen molar-refractivity contribution < 1.29 is 15.0 Å². The zero-order valence-corrected chi connectivity index (χ0v) is 7.17. The number of carbonyl (C=O) groups is 1. The molecule has 1 aliphatic rings. The first-order chi connectivity index (χ1) is 5.59. The van der Waals surface area contributed by atoms with Gasteiger partial charge in [-0.05, 0) is 18.6 Å². The SMILES string of the molecule is O=C(O)NC(=S)N1CCC(O)C1. The Morgan fingerprint density at radius 1 is 1.67 bits per heavy atom. The van der Waals surface area contributed by atoms with Crippen LogP contribution in [0, 0.1) is 0 Å². The van der Waals surface area contributed by atoms with Crippen LogP contribution in [0.15, 0.2) is 0 Å². The third-order valence-electron chi connectivity index (χ3n) is 1.66. The van der Waals surface area contributed by atoms with Crippen LogP contribution in [0.4, 0.5) is 4.79 Å². The van der Waals surface area contributed by atoms with Crippen molar-refractivity contribution in [2.45, 2.75) is 12.5 Å². The Balaban J connectivity index is 2.38. The monoisotopic (exact) mass is 190 g/mol. The molecule has 0 spiro atoms. The molecule has 1 saturated heterocycles. The Morgan fingerprint density at radius 3 is 2.75 bits per heavy atom. The summed E-state index contributed by atoms with van der Waals surface area (Å²) in [7, 11) is 0. The summed E-state index contributed by atoms with van der Waals surface area (Å²) in [5, 5.41) is 19.7. The van der Waals surface area contributed by atoms with Gasteiger partial charge in [0, 0.05) is 13.1 Å². The maximum absolute atomic E-state index is 10.2. The van der Waals surface area contributed by atoms with Gasteiger partial charge in [0.1, 0.15) is 0 Å². The molecule has 3 N–H and O–H groups in total. The zero-order valence-electron chi connectivity index (χ0n) is 6.36. The van der Waals surface area contributed by atoms with E-state index in [0.29, 0.717) is 19.5 Å². The summed E-state index contributed by atoms with van der Waals surface area (Å²) in [5.74, 6) is 0. The molecule has 68 valence electrons. The van der Waals surface area contributed by atoms with E-state index in [1.54, 1.807) is 4.90 Å². The molecule has 12 heavy (non-hydrogen) atoms. The lowest BCUT2D eigenvalue weighted by molar-refractivity contribution is 0.186. The predicted molar refractivity (Wildman–Crippen MR) is 46.0 cm³/mol. The lowest BCUT2D eigenvalue weighted by Gasteiger charge is -2.17. The summed E-state index contributed by atoms with van der Waals surface area (Å²) in [6.07, 6.45) is -0.915. The number of nitrogens with zero attached hydrogens (tertiary/aromatic N) is 1. The molecule has 0 saturated carbocycles. The highest BCUT2D eigenvalue weighted by Crippen LogP contribution is 2.08. The maximum Gasteiger partial charge on any atom is 0.410 e. The van der Waals surface area contributed by atoms with Crippen LogP contribution in [0.1, 0.15) is 6.42 Å². The largest absolute Gasteiger partial charge is 0.465 e. The zero-order chi connectivity index (χ0) is 9.14. The lowest BCUT2D eigenvalue weighted by atomic mass is 10.3. The standard InChI is InChI=1S/C6H10N2O3S/c9-4-1-2-8(3-4)5(12)7-6(10)11/h4,9H,1-3H2,(H,7,12)(H,10,11). The number of likely N-dealkylation sites (tertiary alicyclic amines) is 1. The van der Waals surface area contributed by atoms with Crippen LogP contribution in [-0.4, -0.2) is 45.5 Å². The van der Waals surface area contributed by atoms with Gasteiger partial charge in [-0.15, -0.1) is 0 Å². The number of aliphatic hydroxyl groups excluding tert-OH is 1. The molecular weight excluding hydrogens is 180 g/mol. The van der Waals surface area contributed by atoms with Gasteiger partial charge in [0.05, 0.1) is 6.10 Å². The van der Waals surface area contributed by atoms with Crippen molar-refractivity contribution in [3.05, 3.63) is 0 Å². The summed E-state index contributed by atoms with van der Waals surface area (Å²) in [5.41, 5.74) is 0. The molecule has 5 nitrogen and oxygen atoms in total. The number of hydrogen-bond donors (Lipinski definition) is 3. The average molecular weight is 190 g/mol. The number of β-amino-alcohol motifs (C(OH)–C–C–N with tert-alkyl or cyclic N) is 1. The molecule has 1 unspecified atom stereocenters. The minimum absolute atomic E-state index is 0.166. The second-order valence-electron chi connectivity index (χ2n) is 2.62. The highest BCUT2D eigenvalue weighted by Gasteiger charge is 2.22. The first-order valence-corrected chi connectivity index (χ1v) is 3.97. The van der Waals surface area contributed by atoms with Gasteiger partial charge in [0.25, 0.3) is 0 Å². The molecule has 1 heterocycles. The highest BCUT2D eigenvalue weighted by molar-refractivity contribution is 7.80. The van der Waals surface area contributed by atoms with E-state index in [2.05, 4.69) is 5.32 Å². The number of rotatable bonds is 0. The number of thiocarbonyl (C=S) groups is 1. The summed E-state index contributed by atoms with van der Waals surface area (Å²) in [6.45, 7) is 1.03. The Labute approximate surface area is 75.0 Å². The quantitative estimate of drug-likeness (QED) is 0.453. The highest BCUT2D eigenvalue weighted by atomic mass is 32.1. The van der Waals surface area contributed by atoms with Crippen molar-refractivity contribution in [3.8, 4) is 0 Å². The van der Waals surface area contributed by atoms with Crippen LogP contribution in [0.2, 0.25) is 0 Å². The number of carboxylic acid groups (broad SMARTS) is 1. The van der Waals surface area contributed by atoms with Gasteiger partial charge in [-0.2, -0.15) is 0 Å². The molecule has 0 aromatic heterocycles. The molecule has 1 amide bonds. The van der Waals surface area contributed by atoms with Crippen molar-refractivity contribution in [1.82, 2.24) is 10.2 Å². The first-order valence-electron chi connectivity index (χ1n) is 3.56. The van der Waals surface area contributed by atoms with Crippen LogP contribution in [0.25, 0.3) is 0 Å². The smallest absolute Gasteiger partial charge is 0.410 e. The Bertz CT molecular complexity index is 209. The van der Waals surface area contributed by atoms with Crippen molar-refractivity contribution >= 4 is 23.4 Å². The van der Waals surface area contributed by atoms with Gasteiger partial charge < -0.3 is 15.1 Å². The van der Waals surface area contributed by atoms with Crippen molar-refractivity contribution in [2.24, 2.45) is 0 Å². The van der Waals surface area contributed by atoms with Gasteiger partial charge in [-0.1, -0.05) is 0 Å². The molecule has 0 aromatic carbocycles. The molecule has 6 heteroatoms. The summed E-state index contributed by atoms with van der Waals surface area (Å²) < 4.78 is 0. The molecule has 0 aromatic rings. The third-order valence-corrected chi connectivity index (χ3v) is 2.02. The van der Waals surface area contributed by atoms with E-state index in [1.165, 1.54) is 0 Å². The van der Waals surface area contributed by atoms with E-state index in [0.717, 1.165) is 0 Å². The first kappa shape index (κ1) is 9.21. The van der Waals surface area contributed by atoms with Crippen molar-refractivity contribution in [3.63, 3.8) is 0 Å². The second kappa shape index (κ2) is 3.68. The van der Waals surface area contributed by atoms with E-state index in [9.17, 15) is 4.79 Å². The number of hydrogen-bond acceptors (Lipinski definition) is 3. The van der Waals surface area contributed by atoms with Crippen LogP contribution in [0.5, 0.6) is 0 Å². The summed E-state index contributed by atoms with van der Waals surface area (Å²) >= 11 is 4.77. The van der Waals surface area contributed by atoms with Crippen molar-refractivity contribution in [2.75, 3.05) is 13.1 Å². The van der Waals surface area contributed by atoms with E-state index in [4.69, 9.17) is 22.4 Å². The molecule has 1 rings (SSSR count). The molecule has 0 bridgehead atoms. The van der Waals surface area contributed by atoms with Gasteiger partial charge in [0.2, 0.25) is 0 Å². The molecule has 1 aliphatic heterocycles. The van der Waals surface area contributed by atoms with Crippen LogP contribution < -0.4 is 5.32 Å². The van der Waals surface area contributed by atoms with Crippen molar-refractivity contribution in [1.29, 1.82) is 0 Å². The predicted octanol–water partition coefficient (Wildman–Crippen LogP) is -0.395. The number of aliphatic hydroxyl groups is 1. The van der Waals surface area contributed by atoms with E-state index in [1.807, 2.05) is 0 Å². The number of amides is 1. The molecule has 0 aliphatic carbocycles. The summed E-state index contributed by atoms with van der Waals surface area (Å²) in [4.78, 5) is 11.8. The molecule has 0 radical (unpaired) electrons. The average Bonchev–Trinajstić information content (AvgIpc) is 2.34. The molecule has 1 atom stereocenters. The fraction of sp³-hybridized carbons (Fsp3) is 0.667.